The van der Waals surface area contributed by atoms with E-state index in [0.717, 1.165) is 17.8 Å². The lowest BCUT2D eigenvalue weighted by atomic mass is 10.3. The topological polar surface area (TPSA) is 109 Å². The first-order valence-electron chi connectivity index (χ1n) is 4.01. The van der Waals surface area contributed by atoms with Crippen LogP contribution in [0.3, 0.4) is 0 Å². The number of aromatic nitrogens is 1. The Morgan fingerprint density at radius 2 is 2.33 bits per heavy atom. The average Bonchev–Trinajstić information content (AvgIpc) is 2.44. The van der Waals surface area contributed by atoms with Crippen LogP contribution in [0.1, 0.15) is 5.56 Å². The van der Waals surface area contributed by atoms with Gasteiger partial charge in [-0.15, -0.1) is 0 Å². The fourth-order valence-electron chi connectivity index (χ4n) is 0.881. The molecule has 0 atom stereocenters. The fourth-order valence-corrected chi connectivity index (χ4v) is 2.04. The standard InChI is InChI=1S/C7H10N4O2S2/c1-15(12,13)3-2-10-7-5(4-8)6(9)11-14-7/h10H,2-3H2,1H3,(H2,9,11). The Morgan fingerprint density at radius 1 is 1.67 bits per heavy atom. The molecule has 0 aliphatic heterocycles. The maximum Gasteiger partial charge on any atom is 0.157 e. The van der Waals surface area contributed by atoms with Crippen molar-refractivity contribution in [3.05, 3.63) is 5.56 Å². The van der Waals surface area contributed by atoms with Gasteiger partial charge >= 0.3 is 0 Å². The van der Waals surface area contributed by atoms with Crippen LogP contribution in [-0.2, 0) is 9.84 Å². The predicted molar refractivity (Wildman–Crippen MR) is 59.4 cm³/mol. The summed E-state index contributed by atoms with van der Waals surface area (Å²) in [5, 5.41) is 12.1. The van der Waals surface area contributed by atoms with Crippen molar-refractivity contribution >= 4 is 32.2 Å². The Kier molecular flexibility index (Phi) is 3.49. The summed E-state index contributed by atoms with van der Waals surface area (Å²) >= 11 is 1.05. The molecule has 8 heteroatoms. The number of anilines is 2. The molecular weight excluding hydrogens is 236 g/mol. The van der Waals surface area contributed by atoms with Crippen molar-refractivity contribution in [1.82, 2.24) is 4.37 Å². The Balaban J connectivity index is 2.63. The van der Waals surface area contributed by atoms with Crippen LogP contribution in [0.4, 0.5) is 10.8 Å². The first-order valence-corrected chi connectivity index (χ1v) is 6.84. The van der Waals surface area contributed by atoms with Gasteiger partial charge in [0.15, 0.2) is 5.82 Å². The lowest BCUT2D eigenvalue weighted by Gasteiger charge is -2.01. The summed E-state index contributed by atoms with van der Waals surface area (Å²) in [5.74, 6) is 0.180. The van der Waals surface area contributed by atoms with Gasteiger partial charge < -0.3 is 11.1 Å². The highest BCUT2D eigenvalue weighted by atomic mass is 32.2. The zero-order valence-corrected chi connectivity index (χ0v) is 9.65. The molecule has 0 saturated heterocycles. The molecule has 0 aromatic carbocycles. The highest BCUT2D eigenvalue weighted by molar-refractivity contribution is 7.90. The molecule has 1 aromatic heterocycles. The number of hydrogen-bond donors (Lipinski definition) is 2. The van der Waals surface area contributed by atoms with E-state index in [-0.39, 0.29) is 23.7 Å². The van der Waals surface area contributed by atoms with Gasteiger partial charge in [0.1, 0.15) is 26.5 Å². The minimum Gasteiger partial charge on any atom is -0.382 e. The Labute approximate surface area is 91.8 Å². The van der Waals surface area contributed by atoms with E-state index in [4.69, 9.17) is 11.0 Å². The lowest BCUT2D eigenvalue weighted by molar-refractivity contribution is 0.602. The van der Waals surface area contributed by atoms with Crippen molar-refractivity contribution in [2.45, 2.75) is 0 Å². The highest BCUT2D eigenvalue weighted by Crippen LogP contribution is 2.25. The fraction of sp³-hybridized carbons (Fsp3) is 0.429. The summed E-state index contributed by atoms with van der Waals surface area (Å²) in [7, 11) is -3.00. The predicted octanol–water partition coefficient (Wildman–Crippen LogP) is 0.0535. The minimum absolute atomic E-state index is 0.00960. The van der Waals surface area contributed by atoms with Crippen LogP contribution >= 0.6 is 11.5 Å². The summed E-state index contributed by atoms with van der Waals surface area (Å²) in [4.78, 5) is 0. The number of nitrogen functional groups attached to an aromatic ring is 1. The largest absolute Gasteiger partial charge is 0.382 e. The normalized spacial score (nSPS) is 10.9. The van der Waals surface area contributed by atoms with E-state index in [0.29, 0.717) is 5.00 Å². The van der Waals surface area contributed by atoms with E-state index < -0.39 is 9.84 Å². The van der Waals surface area contributed by atoms with E-state index in [1.165, 1.54) is 0 Å². The van der Waals surface area contributed by atoms with Crippen LogP contribution in [-0.4, -0.2) is 31.3 Å². The van der Waals surface area contributed by atoms with E-state index >= 15 is 0 Å². The second kappa shape index (κ2) is 4.46. The van der Waals surface area contributed by atoms with Crippen molar-refractivity contribution in [3.8, 4) is 6.07 Å². The SMILES string of the molecule is CS(=O)(=O)CCNc1snc(N)c1C#N. The molecule has 6 nitrogen and oxygen atoms in total. The van der Waals surface area contributed by atoms with Gasteiger partial charge in [0.05, 0.1) is 5.75 Å². The monoisotopic (exact) mass is 246 g/mol. The molecule has 0 aliphatic rings. The van der Waals surface area contributed by atoms with Crippen LogP contribution in [0.5, 0.6) is 0 Å². The van der Waals surface area contributed by atoms with Crippen molar-refractivity contribution in [2.75, 3.05) is 29.6 Å². The maximum atomic E-state index is 10.8. The summed E-state index contributed by atoms with van der Waals surface area (Å²) in [6, 6.07) is 1.90. The molecule has 0 aliphatic carbocycles. The minimum atomic E-state index is -3.00. The van der Waals surface area contributed by atoms with Gasteiger partial charge in [0.2, 0.25) is 0 Å². The first-order chi connectivity index (χ1) is 6.94. The number of nitriles is 1. The second-order valence-electron chi connectivity index (χ2n) is 2.94. The van der Waals surface area contributed by atoms with E-state index in [2.05, 4.69) is 9.69 Å². The summed E-state index contributed by atoms with van der Waals surface area (Å²) < 4.78 is 25.5. The molecule has 0 amide bonds. The molecule has 1 aromatic rings. The zero-order valence-electron chi connectivity index (χ0n) is 8.02. The molecule has 0 spiro atoms. The summed E-state index contributed by atoms with van der Waals surface area (Å²) in [6.07, 6.45) is 1.15. The summed E-state index contributed by atoms with van der Waals surface area (Å²) in [6.45, 7) is 0.245. The van der Waals surface area contributed by atoms with Crippen LogP contribution in [0.25, 0.3) is 0 Å². The number of nitrogens with one attached hydrogen (secondary N) is 1. The van der Waals surface area contributed by atoms with Crippen molar-refractivity contribution in [1.29, 1.82) is 5.26 Å². The number of sulfone groups is 1. The summed E-state index contributed by atoms with van der Waals surface area (Å²) in [5.41, 5.74) is 5.70. The van der Waals surface area contributed by atoms with Crippen LogP contribution in [0.2, 0.25) is 0 Å². The highest BCUT2D eigenvalue weighted by Gasteiger charge is 2.10. The van der Waals surface area contributed by atoms with Crippen LogP contribution in [0, 0.1) is 11.3 Å². The smallest absolute Gasteiger partial charge is 0.157 e. The van der Waals surface area contributed by atoms with Gasteiger partial charge in [-0.2, -0.15) is 9.64 Å². The molecule has 0 bridgehead atoms. The van der Waals surface area contributed by atoms with Gasteiger partial charge in [-0.3, -0.25) is 0 Å². The molecule has 3 N–H and O–H groups in total. The van der Waals surface area contributed by atoms with Gasteiger partial charge in [0.25, 0.3) is 0 Å². The molecule has 0 saturated carbocycles. The Bertz CT molecular complexity index is 486. The molecule has 0 unspecified atom stereocenters. The Morgan fingerprint density at radius 3 is 2.87 bits per heavy atom. The lowest BCUT2D eigenvalue weighted by Crippen LogP contribution is -2.13. The molecule has 0 fully saturated rings. The Hall–Kier alpha value is -1.33. The van der Waals surface area contributed by atoms with Crippen molar-refractivity contribution < 1.29 is 8.42 Å². The van der Waals surface area contributed by atoms with Gasteiger partial charge in [-0.05, 0) is 11.5 Å². The number of hydrogen-bond acceptors (Lipinski definition) is 7. The van der Waals surface area contributed by atoms with Crippen LogP contribution in [0.15, 0.2) is 0 Å². The third-order valence-corrected chi connectivity index (χ3v) is 3.35. The molecule has 1 rings (SSSR count). The maximum absolute atomic E-state index is 10.8. The molecule has 1 heterocycles. The van der Waals surface area contributed by atoms with Crippen molar-refractivity contribution in [2.24, 2.45) is 0 Å². The van der Waals surface area contributed by atoms with E-state index in [9.17, 15) is 8.42 Å². The molecule has 15 heavy (non-hydrogen) atoms. The van der Waals surface area contributed by atoms with E-state index in [1.54, 1.807) is 0 Å². The quantitative estimate of drug-likeness (QED) is 0.777. The number of nitrogens with zero attached hydrogens (tertiary/aromatic N) is 2. The van der Waals surface area contributed by atoms with Gasteiger partial charge in [0, 0.05) is 12.8 Å². The molecule has 82 valence electrons. The van der Waals surface area contributed by atoms with Crippen LogP contribution < -0.4 is 11.1 Å². The van der Waals surface area contributed by atoms with Gasteiger partial charge in [-0.25, -0.2) is 8.42 Å². The first kappa shape index (κ1) is 11.7. The number of nitrogens with two attached hydrogens (primary N) is 1. The molecule has 0 radical (unpaired) electrons. The molecular formula is C7H10N4O2S2. The van der Waals surface area contributed by atoms with E-state index in [1.807, 2.05) is 6.07 Å². The second-order valence-corrected chi connectivity index (χ2v) is 5.97. The average molecular weight is 246 g/mol. The third kappa shape index (κ3) is 3.38. The zero-order chi connectivity index (χ0) is 11.5. The number of rotatable bonds is 4. The van der Waals surface area contributed by atoms with Gasteiger partial charge in [-0.1, -0.05) is 0 Å². The van der Waals surface area contributed by atoms with Crippen molar-refractivity contribution in [3.63, 3.8) is 0 Å². The third-order valence-electron chi connectivity index (χ3n) is 1.59.